The molecule has 1 aliphatic heterocycles. The van der Waals surface area contributed by atoms with Crippen LogP contribution in [0.1, 0.15) is 31.0 Å². The molecule has 0 unspecified atom stereocenters. The van der Waals surface area contributed by atoms with Crippen molar-refractivity contribution in [3.05, 3.63) is 135 Å². The van der Waals surface area contributed by atoms with Crippen LogP contribution in [0.3, 0.4) is 0 Å². The molecule has 0 saturated carbocycles. The lowest BCUT2D eigenvalue weighted by Gasteiger charge is -2.24. The molecule has 0 amide bonds. The van der Waals surface area contributed by atoms with Crippen molar-refractivity contribution in [1.82, 2.24) is 4.57 Å². The molecule has 5 rings (SSSR count). The highest BCUT2D eigenvalue weighted by Crippen LogP contribution is 2.34. The molecule has 0 saturated heterocycles. The van der Waals surface area contributed by atoms with Gasteiger partial charge >= 0.3 is 11.7 Å². The van der Waals surface area contributed by atoms with E-state index in [4.69, 9.17) is 9.47 Å². The number of non-ortho nitro benzene ring substituents is 1. The number of hydrogen-bond donors (Lipinski definition) is 0. The smallest absolute Gasteiger partial charge is 0.338 e. The molecule has 0 bridgehead atoms. The van der Waals surface area contributed by atoms with E-state index in [0.29, 0.717) is 26.2 Å². The van der Waals surface area contributed by atoms with Gasteiger partial charge in [0.05, 0.1) is 44.4 Å². The van der Waals surface area contributed by atoms with Gasteiger partial charge in [-0.3, -0.25) is 29.6 Å². The molecule has 4 aromatic rings. The van der Waals surface area contributed by atoms with Crippen LogP contribution in [0.5, 0.6) is 11.5 Å². The Bertz CT molecular complexity index is 1930. The van der Waals surface area contributed by atoms with Crippen LogP contribution >= 0.6 is 11.3 Å². The van der Waals surface area contributed by atoms with Gasteiger partial charge in [0.25, 0.3) is 11.2 Å². The minimum atomic E-state index is -0.756. The van der Waals surface area contributed by atoms with Gasteiger partial charge in [-0.2, -0.15) is 0 Å². The summed E-state index contributed by atoms with van der Waals surface area (Å²) in [4.78, 5) is 52.5. The molecule has 42 heavy (non-hydrogen) atoms. The third-order valence-electron chi connectivity index (χ3n) is 6.39. The van der Waals surface area contributed by atoms with Gasteiger partial charge in [0.15, 0.2) is 4.80 Å². The second-order valence-corrected chi connectivity index (χ2v) is 10.1. The van der Waals surface area contributed by atoms with Crippen molar-refractivity contribution in [1.29, 1.82) is 0 Å². The third-order valence-corrected chi connectivity index (χ3v) is 7.37. The first-order valence-electron chi connectivity index (χ1n) is 12.6. The molecule has 212 valence electrons. The largest absolute Gasteiger partial charge is 0.463 e. The number of nitro groups is 2. The highest BCUT2D eigenvalue weighted by molar-refractivity contribution is 7.07. The molecule has 0 aliphatic carbocycles. The molecule has 0 fully saturated rings. The minimum Gasteiger partial charge on any atom is -0.463 e. The second-order valence-electron chi connectivity index (χ2n) is 9.05. The maximum atomic E-state index is 13.7. The van der Waals surface area contributed by atoms with Gasteiger partial charge in [-0.25, -0.2) is 9.79 Å². The van der Waals surface area contributed by atoms with Gasteiger partial charge in [-0.1, -0.05) is 53.8 Å². The van der Waals surface area contributed by atoms with E-state index in [2.05, 4.69) is 4.99 Å². The first kappa shape index (κ1) is 28.1. The predicted molar refractivity (Wildman–Crippen MR) is 153 cm³/mol. The average Bonchev–Trinajstić information content (AvgIpc) is 3.27. The fourth-order valence-electron chi connectivity index (χ4n) is 4.50. The molecule has 2 heterocycles. The van der Waals surface area contributed by atoms with Gasteiger partial charge in [0.1, 0.15) is 5.75 Å². The minimum absolute atomic E-state index is 0.152. The number of benzene rings is 3. The second kappa shape index (κ2) is 11.6. The zero-order valence-corrected chi connectivity index (χ0v) is 23.1. The van der Waals surface area contributed by atoms with Crippen molar-refractivity contribution in [3.63, 3.8) is 0 Å². The number of rotatable bonds is 8. The number of thiazole rings is 1. The van der Waals surface area contributed by atoms with E-state index in [9.17, 15) is 29.8 Å². The zero-order valence-electron chi connectivity index (χ0n) is 22.3. The summed E-state index contributed by atoms with van der Waals surface area (Å²) in [6, 6.07) is 18.0. The van der Waals surface area contributed by atoms with E-state index in [1.807, 2.05) is 30.3 Å². The summed E-state index contributed by atoms with van der Waals surface area (Å²) in [5, 5.41) is 22.4. The Morgan fingerprint density at radius 2 is 1.76 bits per heavy atom. The van der Waals surface area contributed by atoms with Crippen molar-refractivity contribution >= 4 is 34.8 Å². The Morgan fingerprint density at radius 1 is 1.05 bits per heavy atom. The lowest BCUT2D eigenvalue weighted by molar-refractivity contribution is -0.394. The molecule has 0 spiro atoms. The van der Waals surface area contributed by atoms with Crippen molar-refractivity contribution in [2.45, 2.75) is 19.9 Å². The number of nitro benzene ring substituents is 2. The van der Waals surface area contributed by atoms with Crippen LogP contribution in [0.15, 0.2) is 93.9 Å². The van der Waals surface area contributed by atoms with Crippen molar-refractivity contribution in [3.8, 4) is 11.5 Å². The summed E-state index contributed by atoms with van der Waals surface area (Å²) in [6.45, 7) is 3.61. The van der Waals surface area contributed by atoms with Gasteiger partial charge < -0.3 is 9.47 Å². The SMILES string of the molecule is CCOC(=O)C1=C(C)N=c2s/c(=C/c3ccc(Oc4ccc([N+](=O)[O-])cc4[N+](=O)[O-])cc3)c(=O)n2[C@@H]1c1ccccc1. The molecule has 1 aliphatic rings. The van der Waals surface area contributed by atoms with Gasteiger partial charge in [-0.15, -0.1) is 0 Å². The van der Waals surface area contributed by atoms with E-state index in [0.717, 1.165) is 17.7 Å². The molecule has 12 nitrogen and oxygen atoms in total. The first-order valence-corrected chi connectivity index (χ1v) is 13.4. The molecule has 1 atom stereocenters. The van der Waals surface area contributed by atoms with E-state index < -0.39 is 33.2 Å². The standard InChI is InChI=1S/C29H22N4O8S/c1-3-40-28(35)25-17(2)30-29-31(26(25)19-7-5-4-6-8-19)27(34)24(42-29)15-18-9-12-21(13-10-18)41-23-14-11-20(32(36)37)16-22(23)33(38)39/h4-16,26H,3H2,1-2H3/b24-15+/t26-/m1/s1. The number of fused-ring (bicyclic) bond motifs is 1. The molecular weight excluding hydrogens is 564 g/mol. The van der Waals surface area contributed by atoms with Crippen molar-refractivity contribution in [2.75, 3.05) is 6.61 Å². The van der Waals surface area contributed by atoms with Crippen molar-refractivity contribution in [2.24, 2.45) is 4.99 Å². The lowest BCUT2D eigenvalue weighted by atomic mass is 9.96. The quantitative estimate of drug-likeness (QED) is 0.167. The van der Waals surface area contributed by atoms with E-state index >= 15 is 0 Å². The van der Waals surface area contributed by atoms with Crippen LogP contribution in [-0.4, -0.2) is 27.0 Å². The van der Waals surface area contributed by atoms with Crippen LogP contribution in [-0.2, 0) is 9.53 Å². The Hall–Kier alpha value is -5.43. The number of allylic oxidation sites excluding steroid dienone is 1. The highest BCUT2D eigenvalue weighted by atomic mass is 32.1. The van der Waals surface area contributed by atoms with Gasteiger partial charge in [0, 0.05) is 6.07 Å². The number of aromatic nitrogens is 1. The van der Waals surface area contributed by atoms with Crippen LogP contribution in [0, 0.1) is 20.2 Å². The Labute approximate surface area is 241 Å². The topological polar surface area (TPSA) is 156 Å². The van der Waals surface area contributed by atoms with Crippen LogP contribution in [0.2, 0.25) is 0 Å². The number of nitrogens with zero attached hydrogens (tertiary/aromatic N) is 4. The summed E-state index contributed by atoms with van der Waals surface area (Å²) < 4.78 is 12.8. The maximum Gasteiger partial charge on any atom is 0.338 e. The van der Waals surface area contributed by atoms with Gasteiger partial charge in [-0.05, 0) is 49.2 Å². The fraction of sp³-hybridized carbons (Fsp3) is 0.138. The summed E-state index contributed by atoms with van der Waals surface area (Å²) in [6.07, 6.45) is 1.67. The summed E-state index contributed by atoms with van der Waals surface area (Å²) >= 11 is 1.18. The molecule has 0 radical (unpaired) electrons. The van der Waals surface area contributed by atoms with Gasteiger partial charge in [0.2, 0.25) is 5.75 Å². The molecule has 0 N–H and O–H groups in total. The summed E-state index contributed by atoms with van der Waals surface area (Å²) in [7, 11) is 0. The first-order chi connectivity index (χ1) is 20.2. The summed E-state index contributed by atoms with van der Waals surface area (Å²) in [5.74, 6) is -0.435. The van der Waals surface area contributed by atoms with Crippen LogP contribution in [0.4, 0.5) is 11.4 Å². The molecule has 1 aromatic heterocycles. The molecule has 3 aromatic carbocycles. The number of ether oxygens (including phenoxy) is 2. The fourth-order valence-corrected chi connectivity index (χ4v) is 5.55. The maximum absolute atomic E-state index is 13.7. The Balaban J connectivity index is 1.50. The van der Waals surface area contributed by atoms with E-state index in [1.165, 1.54) is 22.0 Å². The predicted octanol–water partition coefficient (Wildman–Crippen LogP) is 4.41. The molecule has 13 heteroatoms. The number of carbonyl (C=O) groups excluding carboxylic acids is 1. The third kappa shape index (κ3) is 5.45. The Kier molecular flexibility index (Phi) is 7.76. The number of carbonyl (C=O) groups is 1. The molecular formula is C29H22N4O8S. The zero-order chi connectivity index (χ0) is 30.0. The summed E-state index contributed by atoms with van der Waals surface area (Å²) in [5.41, 5.74) is 0.849. The highest BCUT2D eigenvalue weighted by Gasteiger charge is 2.33. The average molecular weight is 587 g/mol. The number of hydrogen-bond acceptors (Lipinski definition) is 10. The normalized spacial score (nSPS) is 14.6. The van der Waals surface area contributed by atoms with Crippen LogP contribution < -0.4 is 19.6 Å². The monoisotopic (exact) mass is 586 g/mol. The van der Waals surface area contributed by atoms with E-state index in [-0.39, 0.29) is 23.7 Å². The Morgan fingerprint density at radius 3 is 2.40 bits per heavy atom. The van der Waals surface area contributed by atoms with Crippen LogP contribution in [0.25, 0.3) is 6.08 Å². The van der Waals surface area contributed by atoms with E-state index in [1.54, 1.807) is 44.2 Å². The number of esters is 1. The lowest BCUT2D eigenvalue weighted by Crippen LogP contribution is -2.39. The van der Waals surface area contributed by atoms with Crippen molar-refractivity contribution < 1.29 is 24.1 Å².